The Morgan fingerprint density at radius 3 is 2.70 bits per heavy atom. The number of aromatic nitrogens is 2. The number of rotatable bonds is 6. The molecule has 0 aliphatic heterocycles. The van der Waals surface area contributed by atoms with Gasteiger partial charge >= 0.3 is 0 Å². The van der Waals surface area contributed by atoms with Crippen LogP contribution >= 0.6 is 0 Å². The van der Waals surface area contributed by atoms with E-state index in [-0.39, 0.29) is 11.7 Å². The van der Waals surface area contributed by atoms with Gasteiger partial charge in [-0.1, -0.05) is 5.16 Å². The van der Waals surface area contributed by atoms with Gasteiger partial charge in [-0.2, -0.15) is 5.10 Å². The zero-order valence-electron chi connectivity index (χ0n) is 12.5. The van der Waals surface area contributed by atoms with Gasteiger partial charge in [0.15, 0.2) is 5.84 Å². The lowest BCUT2D eigenvalue weighted by atomic mass is 9.91. The van der Waals surface area contributed by atoms with Crippen molar-refractivity contribution >= 4 is 11.7 Å². The summed E-state index contributed by atoms with van der Waals surface area (Å²) in [6.45, 7) is 8.42. The third-order valence-electron chi connectivity index (χ3n) is 3.25. The van der Waals surface area contributed by atoms with Crippen LogP contribution in [-0.4, -0.2) is 33.3 Å². The highest BCUT2D eigenvalue weighted by atomic mass is 16.4. The summed E-state index contributed by atoms with van der Waals surface area (Å²) in [5.74, 6) is -0.366. The van der Waals surface area contributed by atoms with Crippen LogP contribution in [0.3, 0.4) is 0 Å². The molecule has 1 aromatic heterocycles. The average molecular weight is 281 g/mol. The molecule has 0 aromatic carbocycles. The molecular formula is C13H23N5O2. The van der Waals surface area contributed by atoms with E-state index in [0.29, 0.717) is 6.54 Å². The van der Waals surface area contributed by atoms with Crippen molar-refractivity contribution in [3.05, 3.63) is 17.5 Å². The molecule has 1 aromatic rings. The molecule has 7 heteroatoms. The summed E-state index contributed by atoms with van der Waals surface area (Å²) in [7, 11) is 0. The summed E-state index contributed by atoms with van der Waals surface area (Å²) in [6.07, 6.45) is 0.764. The average Bonchev–Trinajstić information content (AvgIpc) is 2.71. The number of aryl methyl sites for hydroxylation is 3. The van der Waals surface area contributed by atoms with Crippen molar-refractivity contribution in [3.8, 4) is 0 Å². The predicted octanol–water partition coefficient (Wildman–Crippen LogP) is 0.779. The maximum Gasteiger partial charge on any atom is 0.233 e. The second-order valence-corrected chi connectivity index (χ2v) is 5.37. The number of hydrogen-bond acceptors (Lipinski definition) is 4. The van der Waals surface area contributed by atoms with Crippen LogP contribution in [0.5, 0.6) is 0 Å². The lowest BCUT2D eigenvalue weighted by Gasteiger charge is -2.21. The second-order valence-electron chi connectivity index (χ2n) is 5.37. The fourth-order valence-electron chi connectivity index (χ4n) is 1.79. The molecule has 0 atom stereocenters. The highest BCUT2D eigenvalue weighted by molar-refractivity contribution is 6.05. The van der Waals surface area contributed by atoms with Gasteiger partial charge < -0.3 is 16.3 Å². The maximum atomic E-state index is 11.9. The Labute approximate surface area is 118 Å². The van der Waals surface area contributed by atoms with E-state index >= 15 is 0 Å². The van der Waals surface area contributed by atoms with Crippen molar-refractivity contribution in [2.45, 2.75) is 40.7 Å². The molecule has 4 N–H and O–H groups in total. The van der Waals surface area contributed by atoms with Crippen molar-refractivity contribution in [1.29, 1.82) is 0 Å². The Bertz CT molecular complexity index is 505. The van der Waals surface area contributed by atoms with Crippen LogP contribution in [0.15, 0.2) is 11.2 Å². The number of nitrogens with two attached hydrogens (primary N) is 1. The first-order valence-corrected chi connectivity index (χ1v) is 6.56. The van der Waals surface area contributed by atoms with Gasteiger partial charge in [-0.15, -0.1) is 0 Å². The highest BCUT2D eigenvalue weighted by Gasteiger charge is 2.32. The Morgan fingerprint density at radius 1 is 1.55 bits per heavy atom. The number of amidine groups is 1. The number of oxime groups is 1. The molecule has 0 aliphatic carbocycles. The molecular weight excluding hydrogens is 258 g/mol. The molecule has 7 nitrogen and oxygen atoms in total. The Kier molecular flexibility index (Phi) is 5.12. The molecule has 0 saturated carbocycles. The number of hydrogen-bond donors (Lipinski definition) is 3. The molecule has 1 amide bonds. The summed E-state index contributed by atoms with van der Waals surface area (Å²) < 4.78 is 1.91. The SMILES string of the molecule is Cc1cc(C)n(CCCNC(=O)C(C)(C)/C(N)=N/O)n1. The van der Waals surface area contributed by atoms with Gasteiger partial charge in [-0.3, -0.25) is 9.48 Å². The van der Waals surface area contributed by atoms with Crippen molar-refractivity contribution < 1.29 is 10.0 Å². The quantitative estimate of drug-likeness (QED) is 0.235. The topological polar surface area (TPSA) is 106 Å². The summed E-state index contributed by atoms with van der Waals surface area (Å²) >= 11 is 0. The minimum absolute atomic E-state index is 0.103. The first-order valence-electron chi connectivity index (χ1n) is 6.56. The maximum absolute atomic E-state index is 11.9. The van der Waals surface area contributed by atoms with Crippen LogP contribution in [0.25, 0.3) is 0 Å². The van der Waals surface area contributed by atoms with E-state index < -0.39 is 5.41 Å². The van der Waals surface area contributed by atoms with Gasteiger partial charge in [-0.25, -0.2) is 0 Å². The van der Waals surface area contributed by atoms with E-state index in [1.54, 1.807) is 13.8 Å². The molecule has 1 rings (SSSR count). The lowest BCUT2D eigenvalue weighted by molar-refractivity contribution is -0.126. The van der Waals surface area contributed by atoms with Gasteiger partial charge in [-0.05, 0) is 40.2 Å². The Hall–Kier alpha value is -2.05. The Morgan fingerprint density at radius 2 is 2.20 bits per heavy atom. The summed E-state index contributed by atoms with van der Waals surface area (Å²) in [6, 6.07) is 2.01. The summed E-state index contributed by atoms with van der Waals surface area (Å²) in [5, 5.41) is 18.7. The van der Waals surface area contributed by atoms with Gasteiger partial charge in [0, 0.05) is 18.8 Å². The van der Waals surface area contributed by atoms with Gasteiger partial charge in [0.05, 0.1) is 5.69 Å². The number of nitrogens with one attached hydrogen (secondary N) is 1. The van der Waals surface area contributed by atoms with Crippen LogP contribution < -0.4 is 11.1 Å². The van der Waals surface area contributed by atoms with Crippen LogP contribution in [0.2, 0.25) is 0 Å². The lowest BCUT2D eigenvalue weighted by Crippen LogP contribution is -2.46. The largest absolute Gasteiger partial charge is 0.409 e. The minimum atomic E-state index is -1.02. The summed E-state index contributed by atoms with van der Waals surface area (Å²) in [5.41, 5.74) is 6.56. The van der Waals surface area contributed by atoms with Crippen LogP contribution in [0.4, 0.5) is 0 Å². The van der Waals surface area contributed by atoms with Crippen molar-refractivity contribution in [2.24, 2.45) is 16.3 Å². The van der Waals surface area contributed by atoms with Crippen LogP contribution in [-0.2, 0) is 11.3 Å². The molecule has 0 radical (unpaired) electrons. The van der Waals surface area contributed by atoms with E-state index in [4.69, 9.17) is 10.9 Å². The molecule has 0 aliphatic rings. The number of carbonyl (C=O) groups excluding carboxylic acids is 1. The first kappa shape index (κ1) is 16.0. The van der Waals surface area contributed by atoms with E-state index in [9.17, 15) is 4.79 Å². The monoisotopic (exact) mass is 281 g/mol. The first-order chi connectivity index (χ1) is 9.28. The van der Waals surface area contributed by atoms with Crippen molar-refractivity contribution in [1.82, 2.24) is 15.1 Å². The highest BCUT2D eigenvalue weighted by Crippen LogP contribution is 2.15. The number of amides is 1. The third kappa shape index (κ3) is 3.72. The molecule has 0 spiro atoms. The van der Waals surface area contributed by atoms with E-state index in [1.165, 1.54) is 0 Å². The fraction of sp³-hybridized carbons (Fsp3) is 0.615. The molecule has 0 unspecified atom stereocenters. The van der Waals surface area contributed by atoms with Gasteiger partial charge in [0.1, 0.15) is 5.41 Å². The zero-order valence-corrected chi connectivity index (χ0v) is 12.5. The summed E-state index contributed by atoms with van der Waals surface area (Å²) in [4.78, 5) is 11.9. The molecule has 112 valence electrons. The molecule has 0 bridgehead atoms. The molecule has 0 saturated heterocycles. The number of nitrogens with zero attached hydrogens (tertiary/aromatic N) is 3. The minimum Gasteiger partial charge on any atom is -0.409 e. The standard InChI is InChI=1S/C13H23N5O2/c1-9-8-10(2)18(16-9)7-5-6-15-12(19)13(3,4)11(14)17-20/h8,20H,5-7H2,1-4H3,(H2,14,17)(H,15,19). The van der Waals surface area contributed by atoms with Crippen LogP contribution in [0.1, 0.15) is 31.7 Å². The van der Waals surface area contributed by atoms with Crippen LogP contribution in [0, 0.1) is 19.3 Å². The van der Waals surface area contributed by atoms with Gasteiger partial charge in [0.2, 0.25) is 5.91 Å². The second kappa shape index (κ2) is 6.40. The third-order valence-corrected chi connectivity index (χ3v) is 3.25. The molecule has 20 heavy (non-hydrogen) atoms. The van der Waals surface area contributed by atoms with E-state index in [2.05, 4.69) is 15.6 Å². The van der Waals surface area contributed by atoms with E-state index in [0.717, 1.165) is 24.4 Å². The van der Waals surface area contributed by atoms with Gasteiger partial charge in [0.25, 0.3) is 0 Å². The smallest absolute Gasteiger partial charge is 0.233 e. The molecule has 1 heterocycles. The fourth-order valence-corrected chi connectivity index (χ4v) is 1.79. The van der Waals surface area contributed by atoms with Crippen molar-refractivity contribution in [2.75, 3.05) is 6.54 Å². The Balaban J connectivity index is 2.42. The van der Waals surface area contributed by atoms with Crippen molar-refractivity contribution in [3.63, 3.8) is 0 Å². The molecule has 0 fully saturated rings. The normalized spacial score (nSPS) is 12.5. The number of carbonyl (C=O) groups is 1. The van der Waals surface area contributed by atoms with E-state index in [1.807, 2.05) is 24.6 Å². The predicted molar refractivity (Wildman–Crippen MR) is 76.5 cm³/mol. The zero-order chi connectivity index (χ0) is 15.3.